The maximum absolute atomic E-state index is 13.5. The lowest BCUT2D eigenvalue weighted by Gasteiger charge is -2.36. The average molecular weight is 526 g/mol. The van der Waals surface area contributed by atoms with E-state index in [1.807, 2.05) is 30.3 Å². The molecule has 0 aliphatic carbocycles. The molecule has 1 amide bonds. The largest absolute Gasteiger partial charge is 0.460 e. The van der Waals surface area contributed by atoms with Crippen molar-refractivity contribution in [3.05, 3.63) is 65.7 Å². The summed E-state index contributed by atoms with van der Waals surface area (Å²) in [5, 5.41) is 0. The summed E-state index contributed by atoms with van der Waals surface area (Å²) in [6.07, 6.45) is -2.94. The molecule has 0 bridgehead atoms. The molecule has 2 aromatic rings. The summed E-state index contributed by atoms with van der Waals surface area (Å²) in [5.41, 5.74) is 0.170. The van der Waals surface area contributed by atoms with Crippen molar-refractivity contribution in [1.29, 1.82) is 0 Å². The van der Waals surface area contributed by atoms with Gasteiger partial charge in [-0.25, -0.2) is 4.79 Å². The molecule has 0 spiro atoms. The number of carbonyl (C=O) groups excluding carboxylic acids is 4. The molecule has 1 saturated heterocycles. The second kappa shape index (κ2) is 11.8. The van der Waals surface area contributed by atoms with Crippen molar-refractivity contribution in [3.63, 3.8) is 0 Å². The van der Waals surface area contributed by atoms with Gasteiger partial charge in [0.15, 0.2) is 6.10 Å². The maximum Gasteiger partial charge on any atom is 0.351 e. The number of anilines is 1. The van der Waals surface area contributed by atoms with E-state index in [0.29, 0.717) is 11.3 Å². The van der Waals surface area contributed by atoms with Crippen LogP contribution in [0.3, 0.4) is 0 Å². The van der Waals surface area contributed by atoms with E-state index in [4.69, 9.17) is 18.9 Å². The lowest BCUT2D eigenvalue weighted by atomic mass is 9.84. The first kappa shape index (κ1) is 28.8. The lowest BCUT2D eigenvalue weighted by molar-refractivity contribution is -0.188. The Labute approximate surface area is 223 Å². The second-order valence-electron chi connectivity index (χ2n) is 10.6. The standard InChI is InChI=1S/C29H35NO8/c1-19(31)37-24(26(33)38-28(2,3)4)23-25(32)30(15-16-35-23)22-14-10-13-21(17-22)29(5,6)27(34)36-18-20-11-8-7-9-12-20/h7-14,17,23-24H,15-16,18H2,1-6H3. The van der Waals surface area contributed by atoms with Gasteiger partial charge >= 0.3 is 17.9 Å². The van der Waals surface area contributed by atoms with Crippen molar-refractivity contribution in [1.82, 2.24) is 0 Å². The van der Waals surface area contributed by atoms with Crippen molar-refractivity contribution >= 4 is 29.5 Å². The minimum Gasteiger partial charge on any atom is -0.460 e. The fraction of sp³-hybridized carbons (Fsp3) is 0.448. The zero-order valence-electron chi connectivity index (χ0n) is 22.7. The summed E-state index contributed by atoms with van der Waals surface area (Å²) >= 11 is 0. The van der Waals surface area contributed by atoms with Crippen LogP contribution in [0.4, 0.5) is 5.69 Å². The SMILES string of the molecule is CC(=O)OC(C(=O)OC(C)(C)C)C1OCCN(c2cccc(C(C)(C)C(=O)OCc3ccccc3)c2)C1=O. The molecule has 9 nitrogen and oxygen atoms in total. The van der Waals surface area contributed by atoms with Crippen LogP contribution in [-0.4, -0.2) is 54.8 Å². The molecular weight excluding hydrogens is 490 g/mol. The Bertz CT molecular complexity index is 1170. The minimum atomic E-state index is -1.56. The molecule has 1 fully saturated rings. The monoisotopic (exact) mass is 525 g/mol. The molecule has 9 heteroatoms. The number of hydrogen-bond donors (Lipinski definition) is 0. The molecule has 2 unspecified atom stereocenters. The van der Waals surface area contributed by atoms with E-state index in [1.165, 1.54) is 4.90 Å². The molecule has 2 aromatic carbocycles. The predicted octanol–water partition coefficient (Wildman–Crippen LogP) is 3.71. The molecule has 0 aromatic heterocycles. The van der Waals surface area contributed by atoms with Crippen LogP contribution in [0.25, 0.3) is 0 Å². The zero-order chi connectivity index (χ0) is 28.1. The number of benzene rings is 2. The molecular formula is C29H35NO8. The van der Waals surface area contributed by atoms with Gasteiger partial charge in [0.25, 0.3) is 5.91 Å². The maximum atomic E-state index is 13.5. The first-order valence-corrected chi connectivity index (χ1v) is 12.4. The van der Waals surface area contributed by atoms with Crippen LogP contribution in [0.5, 0.6) is 0 Å². The fourth-order valence-corrected chi connectivity index (χ4v) is 3.94. The molecule has 1 aliphatic heterocycles. The minimum absolute atomic E-state index is 0.101. The highest BCUT2D eigenvalue weighted by atomic mass is 16.6. The number of ether oxygens (including phenoxy) is 4. The van der Waals surface area contributed by atoms with Gasteiger partial charge in [-0.05, 0) is 57.9 Å². The van der Waals surface area contributed by atoms with Gasteiger partial charge in [-0.3, -0.25) is 14.4 Å². The highest BCUT2D eigenvalue weighted by Gasteiger charge is 2.44. The first-order valence-electron chi connectivity index (χ1n) is 12.4. The number of hydrogen-bond acceptors (Lipinski definition) is 8. The van der Waals surface area contributed by atoms with Gasteiger partial charge in [0, 0.05) is 19.2 Å². The van der Waals surface area contributed by atoms with Gasteiger partial charge < -0.3 is 23.8 Å². The van der Waals surface area contributed by atoms with Crippen LogP contribution in [-0.2, 0) is 50.1 Å². The number of morpholine rings is 1. The predicted molar refractivity (Wildman–Crippen MR) is 139 cm³/mol. The number of nitrogens with zero attached hydrogens (tertiary/aromatic N) is 1. The van der Waals surface area contributed by atoms with Crippen molar-refractivity contribution in [2.45, 2.75) is 71.4 Å². The number of rotatable bonds is 8. The third-order valence-corrected chi connectivity index (χ3v) is 5.93. The Morgan fingerprint density at radius 1 is 1.03 bits per heavy atom. The summed E-state index contributed by atoms with van der Waals surface area (Å²) in [4.78, 5) is 52.5. The lowest BCUT2D eigenvalue weighted by Crippen LogP contribution is -2.56. The summed E-state index contributed by atoms with van der Waals surface area (Å²) in [6.45, 7) is 10.1. The van der Waals surface area contributed by atoms with Crippen molar-refractivity contribution in [2.24, 2.45) is 0 Å². The molecule has 1 heterocycles. The Kier molecular flexibility index (Phi) is 8.93. The van der Waals surface area contributed by atoms with Crippen LogP contribution < -0.4 is 4.90 Å². The van der Waals surface area contributed by atoms with Gasteiger partial charge in [0.1, 0.15) is 12.2 Å². The van der Waals surface area contributed by atoms with Crippen LogP contribution in [0, 0.1) is 0 Å². The van der Waals surface area contributed by atoms with E-state index < -0.39 is 47.0 Å². The Morgan fingerprint density at radius 3 is 2.34 bits per heavy atom. The fourth-order valence-electron chi connectivity index (χ4n) is 3.94. The van der Waals surface area contributed by atoms with Crippen molar-refractivity contribution in [3.8, 4) is 0 Å². The van der Waals surface area contributed by atoms with Gasteiger partial charge in [-0.15, -0.1) is 0 Å². The summed E-state index contributed by atoms with van der Waals surface area (Å²) in [6, 6.07) is 16.4. The quantitative estimate of drug-likeness (QED) is 0.379. The van der Waals surface area contributed by atoms with Gasteiger partial charge in [-0.2, -0.15) is 0 Å². The van der Waals surface area contributed by atoms with E-state index in [9.17, 15) is 19.2 Å². The average Bonchev–Trinajstić information content (AvgIpc) is 2.85. The molecule has 3 rings (SSSR count). The number of esters is 3. The van der Waals surface area contributed by atoms with Gasteiger partial charge in [0.05, 0.1) is 12.0 Å². The third kappa shape index (κ3) is 7.19. The zero-order valence-corrected chi connectivity index (χ0v) is 22.7. The highest BCUT2D eigenvalue weighted by molar-refractivity contribution is 6.01. The van der Waals surface area contributed by atoms with Crippen LogP contribution in [0.1, 0.15) is 52.7 Å². The first-order chi connectivity index (χ1) is 17.8. The van der Waals surface area contributed by atoms with Crippen LogP contribution in [0.2, 0.25) is 0 Å². The molecule has 0 saturated carbocycles. The number of carbonyl (C=O) groups is 4. The normalized spacial score (nSPS) is 16.9. The highest BCUT2D eigenvalue weighted by Crippen LogP contribution is 2.30. The summed E-state index contributed by atoms with van der Waals surface area (Å²) < 4.78 is 21.7. The molecule has 204 valence electrons. The van der Waals surface area contributed by atoms with E-state index >= 15 is 0 Å². The van der Waals surface area contributed by atoms with Crippen molar-refractivity contribution in [2.75, 3.05) is 18.1 Å². The van der Waals surface area contributed by atoms with Crippen LogP contribution in [0.15, 0.2) is 54.6 Å². The van der Waals surface area contributed by atoms with Crippen molar-refractivity contribution < 1.29 is 38.1 Å². The van der Waals surface area contributed by atoms with Gasteiger partial charge in [0.2, 0.25) is 6.10 Å². The number of amides is 1. The van der Waals surface area contributed by atoms with E-state index in [2.05, 4.69) is 0 Å². The molecule has 1 aliphatic rings. The third-order valence-electron chi connectivity index (χ3n) is 5.93. The van der Waals surface area contributed by atoms with Gasteiger partial charge in [-0.1, -0.05) is 42.5 Å². The smallest absolute Gasteiger partial charge is 0.351 e. The molecule has 2 atom stereocenters. The van der Waals surface area contributed by atoms with E-state index in [-0.39, 0.29) is 19.8 Å². The topological polar surface area (TPSA) is 108 Å². The summed E-state index contributed by atoms with van der Waals surface area (Å²) in [5.74, 6) is -2.59. The van der Waals surface area contributed by atoms with E-state index in [0.717, 1.165) is 12.5 Å². The second-order valence-corrected chi connectivity index (χ2v) is 10.6. The van der Waals surface area contributed by atoms with Crippen LogP contribution >= 0.6 is 0 Å². The summed E-state index contributed by atoms with van der Waals surface area (Å²) in [7, 11) is 0. The molecule has 38 heavy (non-hydrogen) atoms. The Hall–Kier alpha value is -3.72. The Balaban J connectivity index is 1.81. The van der Waals surface area contributed by atoms with E-state index in [1.54, 1.807) is 58.9 Å². The molecule has 0 radical (unpaired) electrons. The molecule has 0 N–H and O–H groups in total. The Morgan fingerprint density at radius 2 is 1.71 bits per heavy atom.